The van der Waals surface area contributed by atoms with E-state index < -0.39 is 0 Å². The van der Waals surface area contributed by atoms with Crippen molar-refractivity contribution in [3.63, 3.8) is 0 Å². The van der Waals surface area contributed by atoms with Crippen molar-refractivity contribution in [2.24, 2.45) is 0 Å². The van der Waals surface area contributed by atoms with E-state index >= 15 is 0 Å². The summed E-state index contributed by atoms with van der Waals surface area (Å²) in [4.78, 5) is 16.4. The molecule has 1 N–H and O–H groups in total. The number of fused-ring (bicyclic) bond motifs is 1. The summed E-state index contributed by atoms with van der Waals surface area (Å²) in [7, 11) is 0. The number of benzene rings is 2. The largest absolute Gasteiger partial charge is 0.349 e. The molecule has 0 saturated heterocycles. The van der Waals surface area contributed by atoms with Crippen LogP contribution in [-0.4, -0.2) is 10.9 Å². The van der Waals surface area contributed by atoms with Gasteiger partial charge in [0.25, 0.3) is 0 Å². The molecule has 1 amide bonds. The number of halogens is 1. The molecule has 1 heterocycles. The number of carbonyl (C=O) groups is 1. The Balaban J connectivity index is 1.59. The fraction of sp³-hybridized carbons (Fsp3) is 0.125. The second-order valence-electron chi connectivity index (χ2n) is 4.66. The average molecular weight is 361 g/mol. The van der Waals surface area contributed by atoms with Gasteiger partial charge in [-0.2, -0.15) is 0 Å². The van der Waals surface area contributed by atoms with Gasteiger partial charge in [0.05, 0.1) is 23.2 Å². The Kier molecular flexibility index (Phi) is 4.31. The summed E-state index contributed by atoms with van der Waals surface area (Å²) in [5.41, 5.74) is 1.99. The minimum absolute atomic E-state index is 0.0107. The van der Waals surface area contributed by atoms with E-state index in [9.17, 15) is 4.79 Å². The van der Waals surface area contributed by atoms with E-state index in [1.807, 2.05) is 48.5 Å². The van der Waals surface area contributed by atoms with Gasteiger partial charge >= 0.3 is 0 Å². The number of rotatable bonds is 4. The van der Waals surface area contributed by atoms with E-state index in [0.29, 0.717) is 13.0 Å². The Morgan fingerprint density at radius 1 is 1.14 bits per heavy atom. The van der Waals surface area contributed by atoms with Crippen molar-refractivity contribution in [1.82, 2.24) is 10.3 Å². The van der Waals surface area contributed by atoms with E-state index in [4.69, 9.17) is 0 Å². The molecule has 0 unspecified atom stereocenters. The SMILES string of the molecule is O=C(Cc1ccc(Br)cc1)NCc1nc2ccccc2s1. The van der Waals surface area contributed by atoms with Crippen molar-refractivity contribution >= 4 is 43.4 Å². The summed E-state index contributed by atoms with van der Waals surface area (Å²) >= 11 is 5.00. The molecule has 106 valence electrons. The zero-order chi connectivity index (χ0) is 14.7. The third-order valence-corrected chi connectivity index (χ3v) is 4.62. The van der Waals surface area contributed by atoms with E-state index in [0.717, 1.165) is 25.3 Å². The zero-order valence-electron chi connectivity index (χ0n) is 11.2. The van der Waals surface area contributed by atoms with E-state index in [1.165, 1.54) is 0 Å². The van der Waals surface area contributed by atoms with Crippen molar-refractivity contribution < 1.29 is 4.79 Å². The summed E-state index contributed by atoms with van der Waals surface area (Å²) in [6.07, 6.45) is 0.387. The average Bonchev–Trinajstić information content (AvgIpc) is 2.90. The number of hydrogen-bond donors (Lipinski definition) is 1. The highest BCUT2D eigenvalue weighted by molar-refractivity contribution is 9.10. The van der Waals surface area contributed by atoms with Crippen molar-refractivity contribution in [3.05, 3.63) is 63.6 Å². The molecule has 3 rings (SSSR count). The maximum Gasteiger partial charge on any atom is 0.224 e. The molecule has 3 nitrogen and oxygen atoms in total. The summed E-state index contributed by atoms with van der Waals surface area (Å²) < 4.78 is 2.16. The second kappa shape index (κ2) is 6.37. The monoisotopic (exact) mass is 360 g/mol. The molecule has 0 bridgehead atoms. The topological polar surface area (TPSA) is 42.0 Å². The highest BCUT2D eigenvalue weighted by atomic mass is 79.9. The maximum atomic E-state index is 11.9. The van der Waals surface area contributed by atoms with Crippen LogP contribution < -0.4 is 5.32 Å². The summed E-state index contributed by atoms with van der Waals surface area (Å²) in [5.74, 6) is 0.0107. The van der Waals surface area contributed by atoms with Gasteiger partial charge in [-0.3, -0.25) is 4.79 Å². The minimum atomic E-state index is 0.0107. The van der Waals surface area contributed by atoms with Crippen LogP contribution in [0.3, 0.4) is 0 Å². The number of aromatic nitrogens is 1. The Morgan fingerprint density at radius 2 is 1.90 bits per heavy atom. The van der Waals surface area contributed by atoms with Crippen LogP contribution in [0.25, 0.3) is 10.2 Å². The lowest BCUT2D eigenvalue weighted by molar-refractivity contribution is -0.120. The smallest absolute Gasteiger partial charge is 0.224 e. The van der Waals surface area contributed by atoms with Crippen molar-refractivity contribution in [1.29, 1.82) is 0 Å². The molecule has 0 aliphatic heterocycles. The van der Waals surface area contributed by atoms with Gasteiger partial charge in [0.1, 0.15) is 5.01 Å². The molecule has 0 aliphatic rings. The van der Waals surface area contributed by atoms with Crippen LogP contribution >= 0.6 is 27.3 Å². The Hall–Kier alpha value is -1.72. The van der Waals surface area contributed by atoms with E-state index in [2.05, 4.69) is 26.2 Å². The first-order valence-corrected chi connectivity index (χ1v) is 8.17. The molecule has 0 spiro atoms. The molecule has 21 heavy (non-hydrogen) atoms. The molecule has 0 radical (unpaired) electrons. The van der Waals surface area contributed by atoms with E-state index in [1.54, 1.807) is 11.3 Å². The van der Waals surface area contributed by atoms with Gasteiger partial charge in [-0.05, 0) is 29.8 Å². The van der Waals surface area contributed by atoms with Crippen LogP contribution in [0, 0.1) is 0 Å². The van der Waals surface area contributed by atoms with Crippen LogP contribution in [-0.2, 0) is 17.8 Å². The van der Waals surface area contributed by atoms with Crippen LogP contribution in [0.1, 0.15) is 10.6 Å². The highest BCUT2D eigenvalue weighted by Crippen LogP contribution is 2.21. The predicted molar refractivity (Wildman–Crippen MR) is 89.3 cm³/mol. The number of para-hydroxylation sites is 1. The van der Waals surface area contributed by atoms with Crippen LogP contribution in [0.2, 0.25) is 0 Å². The molecule has 0 saturated carbocycles. The number of nitrogens with one attached hydrogen (secondary N) is 1. The summed E-state index contributed by atoms with van der Waals surface area (Å²) in [6, 6.07) is 15.8. The quantitative estimate of drug-likeness (QED) is 0.765. The van der Waals surface area contributed by atoms with E-state index in [-0.39, 0.29) is 5.91 Å². The van der Waals surface area contributed by atoms with Gasteiger partial charge in [-0.1, -0.05) is 40.2 Å². The number of nitrogens with zero attached hydrogens (tertiary/aromatic N) is 1. The third kappa shape index (κ3) is 3.68. The first-order valence-electron chi connectivity index (χ1n) is 6.56. The molecule has 0 atom stereocenters. The Bertz CT molecular complexity index is 734. The van der Waals surface area contributed by atoms with Crippen LogP contribution in [0.4, 0.5) is 0 Å². The van der Waals surface area contributed by atoms with Crippen LogP contribution in [0.5, 0.6) is 0 Å². The standard InChI is InChI=1S/C16H13BrN2OS/c17-12-7-5-11(6-8-12)9-15(20)18-10-16-19-13-3-1-2-4-14(13)21-16/h1-8H,9-10H2,(H,18,20). The fourth-order valence-corrected chi connectivity index (χ4v) is 3.19. The molecule has 5 heteroatoms. The number of amides is 1. The molecule has 2 aromatic carbocycles. The lowest BCUT2D eigenvalue weighted by atomic mass is 10.1. The normalized spacial score (nSPS) is 10.7. The number of thiazole rings is 1. The molecule has 3 aromatic rings. The van der Waals surface area contributed by atoms with Gasteiger partial charge in [-0.15, -0.1) is 11.3 Å². The number of carbonyl (C=O) groups excluding carboxylic acids is 1. The predicted octanol–water partition coefficient (Wildman–Crippen LogP) is 3.92. The molecular weight excluding hydrogens is 348 g/mol. The van der Waals surface area contributed by atoms with Crippen molar-refractivity contribution in [3.8, 4) is 0 Å². The second-order valence-corrected chi connectivity index (χ2v) is 6.69. The lowest BCUT2D eigenvalue weighted by Crippen LogP contribution is -2.24. The van der Waals surface area contributed by atoms with Gasteiger partial charge in [0.2, 0.25) is 5.91 Å². The van der Waals surface area contributed by atoms with Gasteiger partial charge in [0.15, 0.2) is 0 Å². The third-order valence-electron chi connectivity index (χ3n) is 3.05. The highest BCUT2D eigenvalue weighted by Gasteiger charge is 2.06. The Labute approximate surface area is 135 Å². The molecule has 0 aliphatic carbocycles. The van der Waals surface area contributed by atoms with Gasteiger partial charge in [0, 0.05) is 4.47 Å². The first-order chi connectivity index (χ1) is 10.2. The first kappa shape index (κ1) is 14.2. The Morgan fingerprint density at radius 3 is 2.67 bits per heavy atom. The summed E-state index contributed by atoms with van der Waals surface area (Å²) in [6.45, 7) is 0.481. The fourth-order valence-electron chi connectivity index (χ4n) is 2.02. The summed E-state index contributed by atoms with van der Waals surface area (Å²) in [5, 5.41) is 3.85. The maximum absolute atomic E-state index is 11.9. The number of hydrogen-bond acceptors (Lipinski definition) is 3. The van der Waals surface area contributed by atoms with Crippen molar-refractivity contribution in [2.75, 3.05) is 0 Å². The molecule has 0 fully saturated rings. The lowest BCUT2D eigenvalue weighted by Gasteiger charge is -2.03. The molecule has 1 aromatic heterocycles. The molecular formula is C16H13BrN2OS. The zero-order valence-corrected chi connectivity index (χ0v) is 13.6. The minimum Gasteiger partial charge on any atom is -0.349 e. The van der Waals surface area contributed by atoms with Crippen molar-refractivity contribution in [2.45, 2.75) is 13.0 Å². The van der Waals surface area contributed by atoms with Gasteiger partial charge < -0.3 is 5.32 Å². The van der Waals surface area contributed by atoms with Gasteiger partial charge in [-0.25, -0.2) is 4.98 Å². The van der Waals surface area contributed by atoms with Crippen LogP contribution in [0.15, 0.2) is 53.0 Å².